The summed E-state index contributed by atoms with van der Waals surface area (Å²) in [5, 5.41) is 13.4. The van der Waals surface area contributed by atoms with Gasteiger partial charge < -0.3 is 9.88 Å². The van der Waals surface area contributed by atoms with E-state index < -0.39 is 0 Å². The molecular formula is C17H29N5S. The molecule has 5 nitrogen and oxygen atoms in total. The minimum Gasteiger partial charge on any atom is -0.317 e. The maximum Gasteiger partial charge on any atom is 0.190 e. The summed E-state index contributed by atoms with van der Waals surface area (Å²) in [6.45, 7) is 4.86. The van der Waals surface area contributed by atoms with Crippen LogP contribution in [0.1, 0.15) is 37.9 Å². The summed E-state index contributed by atoms with van der Waals surface area (Å²) in [5.41, 5.74) is 0. The van der Waals surface area contributed by atoms with E-state index in [0.29, 0.717) is 0 Å². The van der Waals surface area contributed by atoms with Gasteiger partial charge in [-0.3, -0.25) is 4.90 Å². The zero-order valence-electron chi connectivity index (χ0n) is 14.2. The van der Waals surface area contributed by atoms with Crippen molar-refractivity contribution in [3.05, 3.63) is 5.82 Å². The zero-order valence-corrected chi connectivity index (χ0v) is 15.0. The number of rotatable bonds is 6. The van der Waals surface area contributed by atoms with E-state index in [-0.39, 0.29) is 0 Å². The molecule has 3 fully saturated rings. The highest BCUT2D eigenvalue weighted by molar-refractivity contribution is 7.99. The van der Waals surface area contributed by atoms with E-state index in [0.717, 1.165) is 48.3 Å². The fraction of sp³-hybridized carbons (Fsp3) is 0.882. The van der Waals surface area contributed by atoms with Crippen molar-refractivity contribution in [2.45, 2.75) is 49.7 Å². The number of aromatic nitrogens is 3. The summed E-state index contributed by atoms with van der Waals surface area (Å²) < 4.78 is 2.23. The first-order valence-corrected chi connectivity index (χ1v) is 10.2. The van der Waals surface area contributed by atoms with E-state index in [1.165, 1.54) is 51.0 Å². The average molecular weight is 336 g/mol. The van der Waals surface area contributed by atoms with Crippen LogP contribution in [0, 0.1) is 11.8 Å². The molecule has 1 aromatic rings. The van der Waals surface area contributed by atoms with Crippen LogP contribution < -0.4 is 5.32 Å². The lowest BCUT2D eigenvalue weighted by atomic mass is 9.94. The number of fused-ring (bicyclic) bond motifs is 2. The predicted octanol–water partition coefficient (Wildman–Crippen LogP) is 1.93. The van der Waals surface area contributed by atoms with Crippen molar-refractivity contribution in [3.8, 4) is 0 Å². The SMILES string of the molecule is Cn1c(CC2CCNCC2)nnc1SCCN1C[C@@H]2CC[C@@H]1C2. The van der Waals surface area contributed by atoms with Gasteiger partial charge in [-0.25, -0.2) is 0 Å². The third-order valence-corrected chi connectivity index (χ3v) is 6.99. The van der Waals surface area contributed by atoms with Crippen molar-refractivity contribution in [2.75, 3.05) is 31.9 Å². The zero-order chi connectivity index (χ0) is 15.6. The molecule has 2 atom stereocenters. The van der Waals surface area contributed by atoms with Gasteiger partial charge in [0.15, 0.2) is 5.16 Å². The molecule has 1 saturated carbocycles. The Kier molecular flexibility index (Phi) is 4.92. The molecule has 2 saturated heterocycles. The minimum atomic E-state index is 0.775. The van der Waals surface area contributed by atoms with E-state index in [9.17, 15) is 0 Å². The standard InChI is InChI=1S/C17H29N5S/c1-21-16(11-13-4-6-18-7-5-13)19-20-17(21)23-9-8-22-12-14-2-3-15(22)10-14/h13-15,18H,2-12H2,1H3/t14-,15-/m1/s1. The summed E-state index contributed by atoms with van der Waals surface area (Å²) in [6.07, 6.45) is 7.98. The van der Waals surface area contributed by atoms with Gasteiger partial charge in [0, 0.05) is 38.4 Å². The van der Waals surface area contributed by atoms with Crippen LogP contribution in [0.3, 0.4) is 0 Å². The van der Waals surface area contributed by atoms with Crippen molar-refractivity contribution in [3.63, 3.8) is 0 Å². The Morgan fingerprint density at radius 1 is 1.17 bits per heavy atom. The molecule has 0 unspecified atom stereocenters. The molecule has 0 aromatic carbocycles. The fourth-order valence-electron chi connectivity index (χ4n) is 4.55. The highest BCUT2D eigenvalue weighted by Gasteiger charge is 2.37. The second-order valence-electron chi connectivity index (χ2n) is 7.53. The molecule has 1 N–H and O–H groups in total. The van der Waals surface area contributed by atoms with Crippen LogP contribution in [0.25, 0.3) is 0 Å². The van der Waals surface area contributed by atoms with Gasteiger partial charge in [-0.2, -0.15) is 0 Å². The van der Waals surface area contributed by atoms with E-state index in [2.05, 4.69) is 32.0 Å². The lowest BCUT2D eigenvalue weighted by Gasteiger charge is -2.26. The number of piperidine rings is 2. The molecule has 4 rings (SSSR count). The van der Waals surface area contributed by atoms with Crippen molar-refractivity contribution in [1.29, 1.82) is 0 Å². The minimum absolute atomic E-state index is 0.775. The largest absolute Gasteiger partial charge is 0.317 e. The highest BCUT2D eigenvalue weighted by Crippen LogP contribution is 2.37. The summed E-state index contributed by atoms with van der Waals surface area (Å²) >= 11 is 1.88. The van der Waals surface area contributed by atoms with E-state index in [1.54, 1.807) is 0 Å². The normalized spacial score (nSPS) is 28.7. The predicted molar refractivity (Wildman–Crippen MR) is 93.7 cm³/mol. The molecular weight excluding hydrogens is 306 g/mol. The Hall–Kier alpha value is -0.590. The maximum atomic E-state index is 4.46. The van der Waals surface area contributed by atoms with Gasteiger partial charge in [-0.1, -0.05) is 11.8 Å². The lowest BCUT2D eigenvalue weighted by molar-refractivity contribution is 0.226. The van der Waals surface area contributed by atoms with Crippen molar-refractivity contribution >= 4 is 11.8 Å². The van der Waals surface area contributed by atoms with Crippen LogP contribution in [-0.2, 0) is 13.5 Å². The first-order chi connectivity index (χ1) is 11.3. The summed E-state index contributed by atoms with van der Waals surface area (Å²) in [6, 6.07) is 0.885. The van der Waals surface area contributed by atoms with Crippen LogP contribution in [-0.4, -0.2) is 57.6 Å². The Balaban J connectivity index is 1.26. The van der Waals surface area contributed by atoms with Gasteiger partial charge in [0.25, 0.3) is 0 Å². The summed E-state index contributed by atoms with van der Waals surface area (Å²) in [4.78, 5) is 2.70. The van der Waals surface area contributed by atoms with Crippen molar-refractivity contribution in [2.24, 2.45) is 18.9 Å². The quantitative estimate of drug-likeness (QED) is 0.805. The molecule has 0 radical (unpaired) electrons. The molecule has 128 valence electrons. The third-order valence-electron chi connectivity index (χ3n) is 5.99. The molecule has 0 amide bonds. The molecule has 3 aliphatic rings. The topological polar surface area (TPSA) is 46.0 Å². The molecule has 3 heterocycles. The monoisotopic (exact) mass is 335 g/mol. The van der Waals surface area contributed by atoms with Crippen LogP contribution in [0.2, 0.25) is 0 Å². The van der Waals surface area contributed by atoms with E-state index in [1.807, 2.05) is 11.8 Å². The highest BCUT2D eigenvalue weighted by atomic mass is 32.2. The molecule has 2 bridgehead atoms. The van der Waals surface area contributed by atoms with Gasteiger partial charge in [0.1, 0.15) is 5.82 Å². The second-order valence-corrected chi connectivity index (χ2v) is 8.59. The first kappa shape index (κ1) is 15.9. The van der Waals surface area contributed by atoms with Gasteiger partial charge in [-0.15, -0.1) is 10.2 Å². The smallest absolute Gasteiger partial charge is 0.190 e. The van der Waals surface area contributed by atoms with Crippen LogP contribution >= 0.6 is 11.8 Å². The Bertz CT molecular complexity index is 525. The number of thioether (sulfide) groups is 1. The van der Waals surface area contributed by atoms with Crippen LogP contribution in [0.5, 0.6) is 0 Å². The summed E-state index contributed by atoms with van der Waals surface area (Å²) in [5.74, 6) is 4.08. The molecule has 1 aliphatic carbocycles. The Morgan fingerprint density at radius 3 is 2.78 bits per heavy atom. The Labute approximate surface area is 143 Å². The fourth-order valence-corrected chi connectivity index (χ4v) is 5.45. The Morgan fingerprint density at radius 2 is 2.04 bits per heavy atom. The van der Waals surface area contributed by atoms with E-state index in [4.69, 9.17) is 0 Å². The number of hydrogen-bond donors (Lipinski definition) is 1. The van der Waals surface area contributed by atoms with Gasteiger partial charge in [0.05, 0.1) is 0 Å². The molecule has 23 heavy (non-hydrogen) atoms. The lowest BCUT2D eigenvalue weighted by Crippen LogP contribution is -2.33. The van der Waals surface area contributed by atoms with Crippen LogP contribution in [0.4, 0.5) is 0 Å². The van der Waals surface area contributed by atoms with Crippen molar-refractivity contribution in [1.82, 2.24) is 25.0 Å². The average Bonchev–Trinajstić information content (AvgIpc) is 3.27. The second kappa shape index (κ2) is 7.11. The summed E-state index contributed by atoms with van der Waals surface area (Å²) in [7, 11) is 2.14. The van der Waals surface area contributed by atoms with E-state index >= 15 is 0 Å². The van der Waals surface area contributed by atoms with Gasteiger partial charge >= 0.3 is 0 Å². The molecule has 1 aromatic heterocycles. The van der Waals surface area contributed by atoms with Crippen LogP contribution in [0.15, 0.2) is 5.16 Å². The number of nitrogens with one attached hydrogen (secondary N) is 1. The third kappa shape index (κ3) is 3.59. The molecule has 2 aliphatic heterocycles. The molecule has 6 heteroatoms. The van der Waals surface area contributed by atoms with Gasteiger partial charge in [-0.05, 0) is 57.0 Å². The first-order valence-electron chi connectivity index (χ1n) is 9.25. The maximum absolute atomic E-state index is 4.46. The number of nitrogens with zero attached hydrogens (tertiary/aromatic N) is 4. The van der Waals surface area contributed by atoms with Gasteiger partial charge in [0.2, 0.25) is 0 Å². The molecule has 0 spiro atoms. The number of hydrogen-bond acceptors (Lipinski definition) is 5. The number of likely N-dealkylation sites (tertiary alicyclic amines) is 1. The van der Waals surface area contributed by atoms with Crippen molar-refractivity contribution < 1.29 is 0 Å².